The number of nitrogens with zero attached hydrogens (tertiary/aromatic N) is 3. The third-order valence-corrected chi connectivity index (χ3v) is 5.55. The van der Waals surface area contributed by atoms with E-state index in [1.165, 1.54) is 6.26 Å². The molecular formula is C27H27N3O5. The highest BCUT2D eigenvalue weighted by molar-refractivity contribution is 5.97. The molecule has 0 fully saturated rings. The van der Waals surface area contributed by atoms with Crippen LogP contribution in [0, 0.1) is 24.7 Å². The van der Waals surface area contributed by atoms with Crippen molar-refractivity contribution in [2.24, 2.45) is 11.0 Å². The van der Waals surface area contributed by atoms with Crippen molar-refractivity contribution in [3.63, 3.8) is 0 Å². The second-order valence-corrected chi connectivity index (χ2v) is 8.89. The zero-order valence-corrected chi connectivity index (χ0v) is 20.3. The number of cyclic esters (lactones) is 1. The summed E-state index contributed by atoms with van der Waals surface area (Å²) in [6.07, 6.45) is 3.23. The van der Waals surface area contributed by atoms with E-state index in [0.717, 1.165) is 29.5 Å². The number of aryl methyl sites for hydroxylation is 1. The van der Waals surface area contributed by atoms with E-state index in [1.807, 2.05) is 19.1 Å². The van der Waals surface area contributed by atoms with Gasteiger partial charge in [0, 0.05) is 22.5 Å². The number of hydrogen-bond acceptors (Lipinski definition) is 6. The standard InChI is InChI=1S/C27H27N3O5/c1-5-6-7-8-18-12-17(4)13-19-14-33-27(31)24-21(34-25(18)19)10-9-20-22(11-16(2)3)32-15-23(29-30-28)35-26(20)24/h9-10,12-13,15-16,22H,5-6,11,14H2,1-4H3. The van der Waals surface area contributed by atoms with Gasteiger partial charge in [-0.15, -0.1) is 0 Å². The van der Waals surface area contributed by atoms with Gasteiger partial charge in [-0.05, 0) is 66.2 Å². The van der Waals surface area contributed by atoms with E-state index >= 15 is 0 Å². The van der Waals surface area contributed by atoms with Crippen molar-refractivity contribution in [1.82, 2.24) is 0 Å². The molecule has 0 spiro atoms. The third kappa shape index (κ3) is 5.21. The van der Waals surface area contributed by atoms with Crippen LogP contribution >= 0.6 is 0 Å². The van der Waals surface area contributed by atoms with E-state index in [9.17, 15) is 4.79 Å². The van der Waals surface area contributed by atoms with Crippen molar-refractivity contribution in [3.05, 3.63) is 74.7 Å². The number of carbonyl (C=O) groups is 1. The number of azide groups is 1. The molecule has 0 aromatic heterocycles. The first kappa shape index (κ1) is 24.1. The van der Waals surface area contributed by atoms with Crippen LogP contribution in [0.2, 0.25) is 0 Å². The molecule has 1 unspecified atom stereocenters. The molecule has 1 atom stereocenters. The lowest BCUT2D eigenvalue weighted by Gasteiger charge is -2.24. The fraction of sp³-hybridized carbons (Fsp3) is 0.370. The van der Waals surface area contributed by atoms with Gasteiger partial charge in [-0.2, -0.15) is 0 Å². The van der Waals surface area contributed by atoms with Gasteiger partial charge in [0.05, 0.1) is 5.56 Å². The second kappa shape index (κ2) is 10.5. The van der Waals surface area contributed by atoms with E-state index in [4.69, 9.17) is 24.5 Å². The van der Waals surface area contributed by atoms with Crippen LogP contribution in [0.5, 0.6) is 17.2 Å². The van der Waals surface area contributed by atoms with Gasteiger partial charge in [0.2, 0.25) is 5.88 Å². The minimum Gasteiger partial charge on any atom is -0.489 e. The molecule has 0 saturated heterocycles. The topological polar surface area (TPSA) is 103 Å². The fourth-order valence-electron chi connectivity index (χ4n) is 4.04. The Morgan fingerprint density at radius 1 is 1.23 bits per heavy atom. The Morgan fingerprint density at radius 2 is 2.06 bits per heavy atom. The summed E-state index contributed by atoms with van der Waals surface area (Å²) in [4.78, 5) is 16.1. The van der Waals surface area contributed by atoms with E-state index in [0.29, 0.717) is 23.7 Å². The summed E-state index contributed by atoms with van der Waals surface area (Å²) in [5.41, 5.74) is 12.2. The van der Waals surface area contributed by atoms with E-state index in [1.54, 1.807) is 12.1 Å². The number of fused-ring (bicyclic) bond motifs is 4. The van der Waals surface area contributed by atoms with Crippen molar-refractivity contribution < 1.29 is 23.7 Å². The quantitative estimate of drug-likeness (QED) is 0.153. The minimum absolute atomic E-state index is 0.0202. The number of benzene rings is 2. The molecule has 0 aliphatic carbocycles. The summed E-state index contributed by atoms with van der Waals surface area (Å²) in [5, 5.41) is 3.56. The average Bonchev–Trinajstić information content (AvgIpc) is 2.97. The van der Waals surface area contributed by atoms with Crippen LogP contribution in [0.1, 0.15) is 78.7 Å². The zero-order valence-electron chi connectivity index (χ0n) is 20.3. The van der Waals surface area contributed by atoms with Crippen LogP contribution in [-0.2, 0) is 16.1 Å². The highest BCUT2D eigenvalue weighted by Crippen LogP contribution is 2.45. The molecule has 4 rings (SSSR count). The Balaban J connectivity index is 1.88. The molecule has 0 bridgehead atoms. The predicted octanol–water partition coefficient (Wildman–Crippen LogP) is 7.21. The molecule has 180 valence electrons. The minimum atomic E-state index is -0.604. The Kier molecular flexibility index (Phi) is 7.19. The fourth-order valence-corrected chi connectivity index (χ4v) is 4.04. The summed E-state index contributed by atoms with van der Waals surface area (Å²) >= 11 is 0. The predicted molar refractivity (Wildman–Crippen MR) is 130 cm³/mol. The van der Waals surface area contributed by atoms with Gasteiger partial charge < -0.3 is 18.9 Å². The van der Waals surface area contributed by atoms with Gasteiger partial charge in [0.1, 0.15) is 36.0 Å². The van der Waals surface area contributed by atoms with Crippen LogP contribution in [0.4, 0.5) is 0 Å². The lowest BCUT2D eigenvalue weighted by Crippen LogP contribution is -2.15. The molecule has 2 heterocycles. The molecule has 0 N–H and O–H groups in total. The van der Waals surface area contributed by atoms with Crippen molar-refractivity contribution >= 4 is 5.97 Å². The lowest BCUT2D eigenvalue weighted by molar-refractivity contribution is 0.0455. The first-order valence-corrected chi connectivity index (χ1v) is 11.6. The van der Waals surface area contributed by atoms with Crippen LogP contribution in [0.3, 0.4) is 0 Å². The summed E-state index contributed by atoms with van der Waals surface area (Å²) in [6.45, 7) is 8.19. The van der Waals surface area contributed by atoms with Crippen LogP contribution < -0.4 is 9.47 Å². The Morgan fingerprint density at radius 3 is 2.80 bits per heavy atom. The summed E-state index contributed by atoms with van der Waals surface area (Å²) < 4.78 is 23.8. The Bertz CT molecular complexity index is 1300. The van der Waals surface area contributed by atoms with Gasteiger partial charge in [-0.25, -0.2) is 4.79 Å². The highest BCUT2D eigenvalue weighted by Gasteiger charge is 2.33. The molecule has 35 heavy (non-hydrogen) atoms. The Labute approximate surface area is 204 Å². The summed E-state index contributed by atoms with van der Waals surface area (Å²) in [6, 6.07) is 7.40. The number of rotatable bonds is 4. The van der Waals surface area contributed by atoms with Crippen molar-refractivity contribution in [3.8, 4) is 29.1 Å². The van der Waals surface area contributed by atoms with Crippen LogP contribution in [0.25, 0.3) is 10.4 Å². The van der Waals surface area contributed by atoms with E-state index in [-0.39, 0.29) is 29.6 Å². The number of carbonyl (C=O) groups excluding carboxylic acids is 1. The van der Waals surface area contributed by atoms with Crippen molar-refractivity contribution in [2.75, 3.05) is 0 Å². The van der Waals surface area contributed by atoms with Crippen LogP contribution in [-0.4, -0.2) is 5.97 Å². The molecular weight excluding hydrogens is 446 g/mol. The largest absolute Gasteiger partial charge is 0.489 e. The average molecular weight is 474 g/mol. The van der Waals surface area contributed by atoms with Gasteiger partial charge in [0.25, 0.3) is 0 Å². The molecule has 0 saturated carbocycles. The molecule has 2 aromatic rings. The number of hydrogen-bond donors (Lipinski definition) is 0. The maximum atomic E-state index is 13.3. The molecule has 2 aliphatic heterocycles. The first-order chi connectivity index (χ1) is 16.9. The molecule has 2 aliphatic rings. The normalized spacial score (nSPS) is 16.0. The third-order valence-electron chi connectivity index (χ3n) is 5.55. The maximum absolute atomic E-state index is 13.3. The van der Waals surface area contributed by atoms with E-state index in [2.05, 4.69) is 42.6 Å². The van der Waals surface area contributed by atoms with Gasteiger partial charge in [-0.1, -0.05) is 32.6 Å². The smallest absolute Gasteiger partial charge is 0.346 e. The van der Waals surface area contributed by atoms with Crippen molar-refractivity contribution in [1.29, 1.82) is 0 Å². The molecule has 0 amide bonds. The van der Waals surface area contributed by atoms with E-state index < -0.39 is 12.1 Å². The molecule has 0 radical (unpaired) electrons. The monoisotopic (exact) mass is 473 g/mol. The van der Waals surface area contributed by atoms with Gasteiger partial charge in [-0.3, -0.25) is 0 Å². The maximum Gasteiger partial charge on any atom is 0.346 e. The first-order valence-electron chi connectivity index (χ1n) is 11.6. The highest BCUT2D eigenvalue weighted by atomic mass is 16.6. The number of ether oxygens (including phenoxy) is 4. The van der Waals surface area contributed by atoms with Crippen molar-refractivity contribution in [2.45, 2.75) is 59.7 Å². The molecule has 8 nitrogen and oxygen atoms in total. The molecule has 8 heteroatoms. The summed E-state index contributed by atoms with van der Waals surface area (Å²) in [5.74, 6) is 6.96. The number of esters is 1. The molecule has 2 aromatic carbocycles. The van der Waals surface area contributed by atoms with Crippen LogP contribution in [0.15, 0.2) is 41.5 Å². The second-order valence-electron chi connectivity index (χ2n) is 8.89. The van der Waals surface area contributed by atoms with Gasteiger partial charge in [0.15, 0.2) is 5.75 Å². The SMILES string of the molecule is CCCC#Cc1cc(C)cc2c1Oc1ccc3c(c1C(=O)OC2)OC(N=[N+]=[N-])=COC3CC(C)C. The number of unbranched alkanes of at least 4 members (excludes halogenated alkanes) is 1. The van der Waals surface area contributed by atoms with Gasteiger partial charge >= 0.3 is 5.97 Å². The zero-order chi connectivity index (χ0) is 24.9. The Hall–Kier alpha value is -4.08. The lowest BCUT2D eigenvalue weighted by atomic mass is 9.96. The summed E-state index contributed by atoms with van der Waals surface area (Å²) in [7, 11) is 0.